The summed E-state index contributed by atoms with van der Waals surface area (Å²) in [6, 6.07) is 1.60. The summed E-state index contributed by atoms with van der Waals surface area (Å²) in [7, 11) is -4.07. The van der Waals surface area contributed by atoms with Crippen molar-refractivity contribution < 1.29 is 31.7 Å². The van der Waals surface area contributed by atoms with Gasteiger partial charge in [0.15, 0.2) is 5.82 Å². The minimum Gasteiger partial charge on any atom is -0.460 e. The average Bonchev–Trinajstić information content (AvgIpc) is 3.45. The van der Waals surface area contributed by atoms with Crippen molar-refractivity contribution in [2.24, 2.45) is 0 Å². The second-order valence-corrected chi connectivity index (χ2v) is 8.56. The molecule has 0 bridgehead atoms. The number of nitrogens with one attached hydrogen (secondary N) is 1. The van der Waals surface area contributed by atoms with Gasteiger partial charge in [0.05, 0.1) is 6.61 Å². The molecule has 1 atom stereocenters. The van der Waals surface area contributed by atoms with Crippen molar-refractivity contribution in [1.29, 1.82) is 0 Å². The lowest BCUT2D eigenvalue weighted by atomic mass is 10.2. The maximum absolute atomic E-state index is 12.9. The Balaban J connectivity index is 1.59. The molecule has 0 radical (unpaired) electrons. The molecule has 0 saturated carbocycles. The largest absolute Gasteiger partial charge is 0.460 e. The lowest BCUT2D eigenvalue weighted by Crippen LogP contribution is -2.46. The van der Waals surface area contributed by atoms with Crippen molar-refractivity contribution >= 4 is 21.9 Å². The van der Waals surface area contributed by atoms with Crippen molar-refractivity contribution in [1.82, 2.24) is 19.8 Å². The number of carbonyl (C=O) groups excluding carboxylic acids is 2. The van der Waals surface area contributed by atoms with Crippen LogP contribution in [0.5, 0.6) is 0 Å². The highest BCUT2D eigenvalue weighted by Crippen LogP contribution is 2.27. The predicted molar refractivity (Wildman–Crippen MR) is 102 cm³/mol. The first-order chi connectivity index (χ1) is 14.3. The van der Waals surface area contributed by atoms with Crippen molar-refractivity contribution in [2.75, 3.05) is 19.7 Å². The average molecular weight is 440 g/mol. The van der Waals surface area contributed by atoms with E-state index in [0.29, 0.717) is 43.9 Å². The fourth-order valence-corrected chi connectivity index (χ4v) is 4.76. The van der Waals surface area contributed by atoms with Crippen LogP contribution in [-0.4, -0.2) is 60.5 Å². The zero-order chi connectivity index (χ0) is 21.7. The summed E-state index contributed by atoms with van der Waals surface area (Å²) in [6.45, 7) is 4.03. The van der Waals surface area contributed by atoms with Gasteiger partial charge in [-0.1, -0.05) is 5.16 Å². The molecule has 164 valence electrons. The second-order valence-electron chi connectivity index (χ2n) is 6.74. The molecule has 2 aromatic rings. The van der Waals surface area contributed by atoms with Gasteiger partial charge in [0.2, 0.25) is 22.7 Å². The monoisotopic (exact) mass is 440 g/mol. The Morgan fingerprint density at radius 1 is 1.37 bits per heavy atom. The molecule has 30 heavy (non-hydrogen) atoms. The van der Waals surface area contributed by atoms with Crippen LogP contribution < -0.4 is 5.32 Å². The first-order valence-electron chi connectivity index (χ1n) is 9.68. The van der Waals surface area contributed by atoms with Crippen LogP contribution in [0.3, 0.4) is 0 Å². The highest BCUT2D eigenvalue weighted by molar-refractivity contribution is 7.89. The maximum atomic E-state index is 12.9. The molecule has 3 rings (SSSR count). The van der Waals surface area contributed by atoms with Crippen LogP contribution in [0.25, 0.3) is 0 Å². The molecule has 1 unspecified atom stereocenters. The van der Waals surface area contributed by atoms with Crippen LogP contribution in [-0.2, 0) is 26.0 Å². The summed E-state index contributed by atoms with van der Waals surface area (Å²) in [6.07, 6.45) is 2.04. The van der Waals surface area contributed by atoms with Crippen molar-refractivity contribution in [3.63, 3.8) is 0 Å². The highest BCUT2D eigenvalue weighted by Gasteiger charge is 2.41. The van der Waals surface area contributed by atoms with E-state index in [-0.39, 0.29) is 24.8 Å². The third kappa shape index (κ3) is 4.87. The Kier molecular flexibility index (Phi) is 6.87. The molecular weight excluding hydrogens is 416 g/mol. The predicted octanol–water partition coefficient (Wildman–Crippen LogP) is 1.05. The smallest absolute Gasteiger partial charge is 0.374 e. The Morgan fingerprint density at radius 3 is 2.87 bits per heavy atom. The zero-order valence-electron chi connectivity index (χ0n) is 16.8. The van der Waals surface area contributed by atoms with Crippen LogP contribution >= 0.6 is 0 Å². The Labute approximate surface area is 173 Å². The van der Waals surface area contributed by atoms with Gasteiger partial charge in [-0.2, -0.15) is 9.29 Å². The third-order valence-corrected chi connectivity index (χ3v) is 6.35. The summed E-state index contributed by atoms with van der Waals surface area (Å²) in [4.78, 5) is 28.4. The van der Waals surface area contributed by atoms with Crippen LogP contribution in [0.2, 0.25) is 0 Å². The van der Waals surface area contributed by atoms with Crippen molar-refractivity contribution in [2.45, 2.75) is 50.7 Å². The molecule has 2 aromatic heterocycles. The lowest BCUT2D eigenvalue weighted by Gasteiger charge is -2.22. The van der Waals surface area contributed by atoms with E-state index in [0.717, 1.165) is 4.31 Å². The molecule has 12 heteroatoms. The minimum atomic E-state index is -4.07. The van der Waals surface area contributed by atoms with Gasteiger partial charge in [-0.15, -0.1) is 0 Å². The van der Waals surface area contributed by atoms with Gasteiger partial charge in [-0.25, -0.2) is 13.2 Å². The fourth-order valence-electron chi connectivity index (χ4n) is 3.19. The number of esters is 1. The number of amides is 1. The summed E-state index contributed by atoms with van der Waals surface area (Å²) in [5.41, 5.74) is 0. The number of hydrogen-bond donors (Lipinski definition) is 1. The molecule has 0 aromatic carbocycles. The van der Waals surface area contributed by atoms with E-state index >= 15 is 0 Å². The fraction of sp³-hybridized carbons (Fsp3) is 0.556. The second kappa shape index (κ2) is 9.39. The van der Waals surface area contributed by atoms with E-state index < -0.39 is 27.1 Å². The van der Waals surface area contributed by atoms with Gasteiger partial charge in [0.25, 0.3) is 10.0 Å². The van der Waals surface area contributed by atoms with Crippen molar-refractivity contribution in [3.05, 3.63) is 29.6 Å². The summed E-state index contributed by atoms with van der Waals surface area (Å²) >= 11 is 0. The molecule has 11 nitrogen and oxygen atoms in total. The molecule has 0 aliphatic carbocycles. The minimum absolute atomic E-state index is 0.141. The molecule has 1 aliphatic rings. The van der Waals surface area contributed by atoms with Gasteiger partial charge in [0, 0.05) is 19.5 Å². The lowest BCUT2D eigenvalue weighted by molar-refractivity contribution is -0.124. The molecule has 3 heterocycles. The van der Waals surface area contributed by atoms with E-state index in [1.807, 2.05) is 0 Å². The van der Waals surface area contributed by atoms with E-state index in [1.54, 1.807) is 13.8 Å². The first-order valence-corrected chi connectivity index (χ1v) is 11.1. The number of aryl methyl sites for hydroxylation is 2. The number of aromatic nitrogens is 2. The van der Waals surface area contributed by atoms with Gasteiger partial charge >= 0.3 is 5.97 Å². The number of rotatable bonds is 9. The van der Waals surface area contributed by atoms with Crippen LogP contribution in [0.4, 0.5) is 0 Å². The molecule has 1 N–H and O–H groups in total. The molecule has 1 aliphatic heterocycles. The topological polar surface area (TPSA) is 145 Å². The van der Waals surface area contributed by atoms with E-state index in [4.69, 9.17) is 13.7 Å². The highest BCUT2D eigenvalue weighted by atomic mass is 32.2. The molecule has 1 fully saturated rings. The quantitative estimate of drug-likeness (QED) is 0.446. The number of furan rings is 1. The maximum Gasteiger partial charge on any atom is 0.374 e. The van der Waals surface area contributed by atoms with Gasteiger partial charge in [-0.3, -0.25) is 4.79 Å². The zero-order valence-corrected chi connectivity index (χ0v) is 17.6. The van der Waals surface area contributed by atoms with Crippen LogP contribution in [0, 0.1) is 6.92 Å². The SMILES string of the molecule is CCOC(=O)c1ccc(S(=O)(=O)N2CCCC2C(=O)NCCCc2nc(C)no2)o1. The van der Waals surface area contributed by atoms with Crippen LogP contribution in [0.1, 0.15) is 48.5 Å². The standard InChI is InChI=1S/C18H24N4O7S/c1-3-27-18(24)14-8-9-16(28-14)30(25,26)22-11-5-6-13(22)17(23)19-10-4-7-15-20-12(2)21-29-15/h8-9,13H,3-7,10-11H2,1-2H3,(H,19,23). The summed E-state index contributed by atoms with van der Waals surface area (Å²) in [5, 5.41) is 6.06. The molecule has 0 spiro atoms. The number of ether oxygens (including phenoxy) is 1. The first kappa shape index (κ1) is 22.0. The third-order valence-electron chi connectivity index (χ3n) is 4.56. The Hall–Kier alpha value is -2.73. The number of carbonyl (C=O) groups is 2. The van der Waals surface area contributed by atoms with Gasteiger partial charge < -0.3 is 19.0 Å². The van der Waals surface area contributed by atoms with E-state index in [1.165, 1.54) is 12.1 Å². The summed E-state index contributed by atoms with van der Waals surface area (Å²) in [5.74, 6) is -0.292. The number of hydrogen-bond acceptors (Lipinski definition) is 9. The van der Waals surface area contributed by atoms with Crippen LogP contribution in [0.15, 0.2) is 26.2 Å². The van der Waals surface area contributed by atoms with Gasteiger partial charge in [0.1, 0.15) is 6.04 Å². The molecule has 1 saturated heterocycles. The summed E-state index contributed by atoms with van der Waals surface area (Å²) < 4.78 is 42.0. The Morgan fingerprint density at radius 2 is 2.17 bits per heavy atom. The van der Waals surface area contributed by atoms with Crippen molar-refractivity contribution in [3.8, 4) is 0 Å². The van der Waals surface area contributed by atoms with E-state index in [2.05, 4.69) is 15.5 Å². The number of sulfonamides is 1. The normalized spacial score (nSPS) is 17.2. The molecule has 1 amide bonds. The number of nitrogens with zero attached hydrogens (tertiary/aromatic N) is 3. The molecular formula is C18H24N4O7S. The van der Waals surface area contributed by atoms with Gasteiger partial charge in [-0.05, 0) is 45.2 Å². The van der Waals surface area contributed by atoms with E-state index in [9.17, 15) is 18.0 Å². The Bertz CT molecular complexity index is 998.